The smallest absolute Gasteiger partial charge is 0.250 e. The Bertz CT molecular complexity index is 898. The van der Waals surface area contributed by atoms with Gasteiger partial charge in [-0.3, -0.25) is 9.59 Å². The Kier molecular flexibility index (Phi) is 4.37. The van der Waals surface area contributed by atoms with Crippen LogP contribution in [0.3, 0.4) is 0 Å². The normalized spacial score (nSPS) is 21.5. The summed E-state index contributed by atoms with van der Waals surface area (Å²) >= 11 is 0. The summed E-state index contributed by atoms with van der Waals surface area (Å²) in [5, 5.41) is 0. The highest BCUT2D eigenvalue weighted by Crippen LogP contribution is 2.34. The number of ether oxygens (including phenoxy) is 1. The van der Waals surface area contributed by atoms with Gasteiger partial charge in [0, 0.05) is 55.2 Å². The number of carbonyl (C=O) groups excluding carboxylic acids is 1. The molecule has 1 fully saturated rings. The van der Waals surface area contributed by atoms with Crippen LogP contribution in [0.15, 0.2) is 59.5 Å². The minimum atomic E-state index is -0.0139. The number of piperidine rings is 1. The summed E-state index contributed by atoms with van der Waals surface area (Å²) in [6.07, 6.45) is 4.66. The first-order chi connectivity index (χ1) is 12.6. The number of fused-ring (bicyclic) bond motifs is 4. The van der Waals surface area contributed by atoms with Crippen molar-refractivity contribution in [1.82, 2.24) is 9.47 Å². The van der Waals surface area contributed by atoms with Crippen LogP contribution in [-0.2, 0) is 6.54 Å². The van der Waals surface area contributed by atoms with Gasteiger partial charge < -0.3 is 14.2 Å². The van der Waals surface area contributed by atoms with Gasteiger partial charge in [-0.25, -0.2) is 0 Å². The van der Waals surface area contributed by atoms with E-state index in [1.807, 2.05) is 16.8 Å². The number of hydrogen-bond donors (Lipinski definition) is 0. The van der Waals surface area contributed by atoms with Crippen molar-refractivity contribution >= 4 is 5.78 Å². The maximum Gasteiger partial charge on any atom is 0.250 e. The highest BCUT2D eigenvalue weighted by atomic mass is 16.5. The van der Waals surface area contributed by atoms with Crippen LogP contribution in [0.25, 0.3) is 0 Å². The number of rotatable bonds is 4. The number of methoxy groups -OCH3 is 1. The van der Waals surface area contributed by atoms with E-state index in [0.717, 1.165) is 37.5 Å². The van der Waals surface area contributed by atoms with E-state index in [9.17, 15) is 9.59 Å². The highest BCUT2D eigenvalue weighted by Gasteiger charge is 2.33. The zero-order valence-electron chi connectivity index (χ0n) is 14.8. The van der Waals surface area contributed by atoms with Crippen LogP contribution in [0.4, 0.5) is 0 Å². The summed E-state index contributed by atoms with van der Waals surface area (Å²) in [7, 11) is 1.61. The van der Waals surface area contributed by atoms with Gasteiger partial charge in [0.15, 0.2) is 5.78 Å². The lowest BCUT2D eigenvalue weighted by Gasteiger charge is -2.42. The number of ketones is 1. The van der Waals surface area contributed by atoms with Gasteiger partial charge in [0.05, 0.1) is 7.11 Å². The minimum Gasteiger partial charge on any atom is -0.497 e. The quantitative estimate of drug-likeness (QED) is 0.628. The molecule has 1 saturated heterocycles. The Morgan fingerprint density at radius 3 is 2.69 bits per heavy atom. The van der Waals surface area contributed by atoms with E-state index < -0.39 is 0 Å². The fourth-order valence-corrected chi connectivity index (χ4v) is 4.08. The van der Waals surface area contributed by atoms with Gasteiger partial charge in [0.1, 0.15) is 5.75 Å². The molecule has 2 aliphatic rings. The first-order valence-corrected chi connectivity index (χ1v) is 8.94. The fraction of sp³-hybridized carbons (Fsp3) is 0.333. The minimum absolute atomic E-state index is 0.0139. The molecule has 0 saturated carbocycles. The number of benzene rings is 1. The second kappa shape index (κ2) is 6.83. The Morgan fingerprint density at radius 1 is 1.12 bits per heavy atom. The predicted molar refractivity (Wildman–Crippen MR) is 99.6 cm³/mol. The molecule has 5 heteroatoms. The first-order valence-electron chi connectivity index (χ1n) is 8.94. The van der Waals surface area contributed by atoms with Crippen LogP contribution < -0.4 is 10.3 Å². The van der Waals surface area contributed by atoms with E-state index in [1.165, 1.54) is 0 Å². The molecule has 2 atom stereocenters. The van der Waals surface area contributed by atoms with Gasteiger partial charge in [-0.15, -0.1) is 0 Å². The van der Waals surface area contributed by atoms with E-state index in [-0.39, 0.29) is 11.3 Å². The number of likely N-dealkylation sites (tertiary alicyclic amines) is 1. The largest absolute Gasteiger partial charge is 0.497 e. The van der Waals surface area contributed by atoms with Gasteiger partial charge >= 0.3 is 0 Å². The highest BCUT2D eigenvalue weighted by molar-refractivity contribution is 6.04. The molecular weight excluding hydrogens is 328 g/mol. The van der Waals surface area contributed by atoms with Crippen molar-refractivity contribution in [2.45, 2.75) is 18.9 Å². The van der Waals surface area contributed by atoms with E-state index >= 15 is 0 Å². The predicted octanol–water partition coefficient (Wildman–Crippen LogP) is 2.67. The summed E-state index contributed by atoms with van der Waals surface area (Å²) in [6, 6.07) is 12.7. The van der Waals surface area contributed by atoms with Crippen LogP contribution in [0, 0.1) is 5.92 Å². The van der Waals surface area contributed by atoms with Crippen LogP contribution in [0.1, 0.15) is 28.4 Å². The summed E-state index contributed by atoms with van der Waals surface area (Å²) in [5.41, 5.74) is 1.86. The lowest BCUT2D eigenvalue weighted by Crippen LogP contribution is -2.45. The second-order valence-corrected chi connectivity index (χ2v) is 7.06. The van der Waals surface area contributed by atoms with Crippen molar-refractivity contribution < 1.29 is 9.53 Å². The van der Waals surface area contributed by atoms with Crippen molar-refractivity contribution in [3.63, 3.8) is 0 Å². The topological polar surface area (TPSA) is 51.5 Å². The number of aromatic nitrogens is 1. The van der Waals surface area contributed by atoms with E-state index in [2.05, 4.69) is 11.0 Å². The molecule has 134 valence electrons. The maximum atomic E-state index is 12.4. The SMILES string of the molecule is COc1ccc(C(=O)/C=C/N2C[C@H]3C[C@@H](C2)c2cccc(=O)n2C3)cc1. The Morgan fingerprint density at radius 2 is 1.92 bits per heavy atom. The van der Waals surface area contributed by atoms with Gasteiger partial charge in [-0.05, 0) is 42.7 Å². The Balaban J connectivity index is 1.47. The van der Waals surface area contributed by atoms with Crippen molar-refractivity contribution in [2.75, 3.05) is 20.2 Å². The fourth-order valence-electron chi connectivity index (χ4n) is 4.08. The molecule has 0 spiro atoms. The van der Waals surface area contributed by atoms with Crippen molar-refractivity contribution in [1.29, 1.82) is 0 Å². The lowest BCUT2D eigenvalue weighted by molar-refractivity contribution is 0.104. The summed E-state index contributed by atoms with van der Waals surface area (Å²) in [6.45, 7) is 2.48. The molecule has 2 aromatic rings. The average molecular weight is 350 g/mol. The number of hydrogen-bond acceptors (Lipinski definition) is 4. The molecule has 4 rings (SSSR count). The van der Waals surface area contributed by atoms with Crippen LogP contribution in [0.2, 0.25) is 0 Å². The molecule has 0 N–H and O–H groups in total. The Labute approximate surface area is 152 Å². The number of carbonyl (C=O) groups is 1. The zero-order chi connectivity index (χ0) is 18.1. The molecule has 5 nitrogen and oxygen atoms in total. The van der Waals surface area contributed by atoms with Crippen molar-refractivity contribution in [3.8, 4) is 5.75 Å². The van der Waals surface area contributed by atoms with Gasteiger partial charge in [-0.1, -0.05) is 6.07 Å². The number of nitrogens with zero attached hydrogens (tertiary/aromatic N) is 2. The van der Waals surface area contributed by atoms with Crippen LogP contribution >= 0.6 is 0 Å². The van der Waals surface area contributed by atoms with E-state index in [4.69, 9.17) is 4.74 Å². The van der Waals surface area contributed by atoms with Gasteiger partial charge in [0.2, 0.25) is 0 Å². The van der Waals surface area contributed by atoms with Gasteiger partial charge in [0.25, 0.3) is 5.56 Å². The molecule has 0 aliphatic carbocycles. The third-order valence-electron chi connectivity index (χ3n) is 5.32. The van der Waals surface area contributed by atoms with E-state index in [1.54, 1.807) is 43.5 Å². The summed E-state index contributed by atoms with van der Waals surface area (Å²) in [4.78, 5) is 26.7. The molecule has 2 aliphatic heterocycles. The molecule has 0 unspecified atom stereocenters. The van der Waals surface area contributed by atoms with Gasteiger partial charge in [-0.2, -0.15) is 0 Å². The molecule has 0 radical (unpaired) electrons. The van der Waals surface area contributed by atoms with Crippen molar-refractivity contribution in [3.05, 3.63) is 76.4 Å². The molecule has 1 aromatic carbocycles. The van der Waals surface area contributed by atoms with Crippen LogP contribution in [-0.4, -0.2) is 35.4 Å². The standard InChI is InChI=1S/C21H22N2O3/c1-26-18-7-5-16(6-8-18)20(24)9-10-22-12-15-11-17(14-22)19-3-2-4-21(25)23(19)13-15/h2-10,15,17H,11-14H2,1H3/b10-9+/t15-,17+/m1/s1. The number of pyridine rings is 1. The number of allylic oxidation sites excluding steroid dienone is 1. The lowest BCUT2D eigenvalue weighted by atomic mass is 9.83. The second-order valence-electron chi connectivity index (χ2n) is 7.06. The molecule has 1 aromatic heterocycles. The average Bonchev–Trinajstić information content (AvgIpc) is 2.67. The first kappa shape index (κ1) is 16.6. The molecule has 26 heavy (non-hydrogen) atoms. The Hall–Kier alpha value is -2.82. The molecule has 0 amide bonds. The van der Waals surface area contributed by atoms with Crippen LogP contribution in [0.5, 0.6) is 5.75 Å². The third kappa shape index (κ3) is 3.17. The van der Waals surface area contributed by atoms with E-state index in [0.29, 0.717) is 17.4 Å². The summed E-state index contributed by atoms with van der Waals surface area (Å²) in [5.74, 6) is 1.52. The summed E-state index contributed by atoms with van der Waals surface area (Å²) < 4.78 is 7.04. The maximum absolute atomic E-state index is 12.4. The zero-order valence-corrected chi connectivity index (χ0v) is 14.8. The monoisotopic (exact) mass is 350 g/mol. The van der Waals surface area contributed by atoms with Crippen molar-refractivity contribution in [2.24, 2.45) is 5.92 Å². The molecule has 2 bridgehead atoms. The third-order valence-corrected chi connectivity index (χ3v) is 5.32. The molecular formula is C21H22N2O3. The molecule has 3 heterocycles.